The highest BCUT2D eigenvalue weighted by Crippen LogP contribution is 2.40. The molecule has 2 aliphatic heterocycles. The number of halogens is 1. The van der Waals surface area contributed by atoms with Crippen LogP contribution in [0.15, 0.2) is 36.4 Å². The van der Waals surface area contributed by atoms with Crippen LogP contribution in [0.25, 0.3) is 0 Å². The van der Waals surface area contributed by atoms with E-state index >= 15 is 0 Å². The number of ether oxygens (including phenoxy) is 1. The minimum atomic E-state index is -0.523. The van der Waals surface area contributed by atoms with Crippen molar-refractivity contribution in [1.82, 2.24) is 4.90 Å². The zero-order valence-electron chi connectivity index (χ0n) is 18.4. The number of benzene rings is 2. The minimum absolute atomic E-state index is 0.0209. The van der Waals surface area contributed by atoms with Gasteiger partial charge in [0.2, 0.25) is 0 Å². The summed E-state index contributed by atoms with van der Waals surface area (Å²) in [7, 11) is 0. The third-order valence-corrected chi connectivity index (χ3v) is 6.22. The number of amides is 2. The first-order valence-electron chi connectivity index (χ1n) is 10.9. The van der Waals surface area contributed by atoms with Gasteiger partial charge in [0.15, 0.2) is 0 Å². The van der Waals surface area contributed by atoms with Crippen LogP contribution in [-0.4, -0.2) is 42.1 Å². The van der Waals surface area contributed by atoms with Crippen molar-refractivity contribution in [2.45, 2.75) is 52.1 Å². The van der Waals surface area contributed by atoms with Crippen molar-refractivity contribution >= 4 is 29.3 Å². The molecule has 2 aromatic rings. The van der Waals surface area contributed by atoms with Gasteiger partial charge in [0, 0.05) is 25.2 Å². The summed E-state index contributed by atoms with van der Waals surface area (Å²) in [6.45, 7) is 7.43. The van der Waals surface area contributed by atoms with Crippen molar-refractivity contribution in [1.29, 1.82) is 0 Å². The molecule has 2 aromatic carbocycles. The Hall–Kier alpha value is -2.53. The van der Waals surface area contributed by atoms with Crippen molar-refractivity contribution in [2.24, 2.45) is 0 Å². The van der Waals surface area contributed by atoms with E-state index < -0.39 is 5.60 Å². The highest BCUT2D eigenvalue weighted by Gasteiger charge is 2.31. The molecule has 0 unspecified atom stereocenters. The molecule has 0 fully saturated rings. The molecule has 164 valence electrons. The fourth-order valence-electron chi connectivity index (χ4n) is 4.37. The number of hydrogen-bond acceptors (Lipinski definition) is 3. The average Bonchev–Trinajstić information content (AvgIpc) is 2.95. The van der Waals surface area contributed by atoms with E-state index in [1.165, 1.54) is 5.56 Å². The molecule has 0 atom stereocenters. The Morgan fingerprint density at radius 2 is 1.68 bits per heavy atom. The van der Waals surface area contributed by atoms with Crippen LogP contribution >= 0.6 is 11.6 Å². The molecule has 31 heavy (non-hydrogen) atoms. The Balaban J connectivity index is 1.63. The predicted molar refractivity (Wildman–Crippen MR) is 123 cm³/mol. The monoisotopic (exact) mass is 440 g/mol. The first-order chi connectivity index (χ1) is 14.7. The molecule has 0 saturated carbocycles. The predicted octanol–water partition coefficient (Wildman–Crippen LogP) is 5.27. The molecule has 2 amide bonds. The highest BCUT2D eigenvalue weighted by atomic mass is 35.5. The molecule has 0 saturated heterocycles. The van der Waals surface area contributed by atoms with E-state index in [1.54, 1.807) is 4.90 Å². The van der Waals surface area contributed by atoms with Gasteiger partial charge in [-0.05, 0) is 75.3 Å². The second-order valence-electron chi connectivity index (χ2n) is 9.23. The SMILES string of the molecule is CC(C)(C)OC(=O)N1CCc2cc3c(c(Cl)c2CC1)N(C(=O)c1ccccc1)CCC3. The van der Waals surface area contributed by atoms with Crippen molar-refractivity contribution in [3.63, 3.8) is 0 Å². The van der Waals surface area contributed by atoms with Gasteiger partial charge in [-0.15, -0.1) is 0 Å². The van der Waals surface area contributed by atoms with Gasteiger partial charge in [-0.3, -0.25) is 4.79 Å². The molecule has 0 bridgehead atoms. The van der Waals surface area contributed by atoms with E-state index in [-0.39, 0.29) is 12.0 Å². The molecule has 4 rings (SSSR count). The van der Waals surface area contributed by atoms with Crippen LogP contribution in [-0.2, 0) is 24.0 Å². The molecule has 0 aromatic heterocycles. The summed E-state index contributed by atoms with van der Waals surface area (Å²) < 4.78 is 5.56. The van der Waals surface area contributed by atoms with Crippen LogP contribution in [0.2, 0.25) is 5.02 Å². The number of carbonyl (C=O) groups excluding carboxylic acids is 2. The lowest BCUT2D eigenvalue weighted by molar-refractivity contribution is 0.0258. The number of fused-ring (bicyclic) bond motifs is 2. The number of hydrogen-bond donors (Lipinski definition) is 0. The Bertz CT molecular complexity index is 998. The maximum absolute atomic E-state index is 13.2. The summed E-state index contributed by atoms with van der Waals surface area (Å²) in [4.78, 5) is 29.4. The summed E-state index contributed by atoms with van der Waals surface area (Å²) >= 11 is 6.95. The quantitative estimate of drug-likeness (QED) is 0.607. The molecular formula is C25H29ClN2O3. The lowest BCUT2D eigenvalue weighted by Gasteiger charge is -2.32. The Labute approximate surface area is 188 Å². The van der Waals surface area contributed by atoms with Crippen LogP contribution in [0.4, 0.5) is 10.5 Å². The first-order valence-corrected chi connectivity index (χ1v) is 11.3. The average molecular weight is 441 g/mol. The van der Waals surface area contributed by atoms with Gasteiger partial charge in [-0.1, -0.05) is 35.9 Å². The molecule has 2 aliphatic rings. The van der Waals surface area contributed by atoms with Gasteiger partial charge < -0.3 is 14.5 Å². The topological polar surface area (TPSA) is 49.9 Å². The largest absolute Gasteiger partial charge is 0.444 e. The van der Waals surface area contributed by atoms with Gasteiger partial charge in [0.25, 0.3) is 5.91 Å². The zero-order chi connectivity index (χ0) is 22.2. The lowest BCUT2D eigenvalue weighted by atomic mass is 9.92. The summed E-state index contributed by atoms with van der Waals surface area (Å²) in [5.74, 6) is -0.0209. The van der Waals surface area contributed by atoms with Crippen LogP contribution in [0.5, 0.6) is 0 Å². The van der Waals surface area contributed by atoms with Gasteiger partial charge >= 0.3 is 6.09 Å². The molecule has 6 heteroatoms. The van der Waals surface area contributed by atoms with Crippen LogP contribution in [0, 0.1) is 0 Å². The number of rotatable bonds is 1. The fourth-order valence-corrected chi connectivity index (χ4v) is 4.81. The van der Waals surface area contributed by atoms with E-state index in [4.69, 9.17) is 16.3 Å². The molecule has 0 aliphatic carbocycles. The summed E-state index contributed by atoms with van der Waals surface area (Å²) in [5.41, 5.74) is 4.31. The molecule has 2 heterocycles. The number of carbonyl (C=O) groups is 2. The summed E-state index contributed by atoms with van der Waals surface area (Å²) in [6, 6.07) is 11.5. The zero-order valence-corrected chi connectivity index (χ0v) is 19.2. The first kappa shape index (κ1) is 21.7. The smallest absolute Gasteiger partial charge is 0.410 e. The Morgan fingerprint density at radius 1 is 0.968 bits per heavy atom. The van der Waals surface area contributed by atoms with Gasteiger partial charge in [-0.25, -0.2) is 4.79 Å². The maximum Gasteiger partial charge on any atom is 0.410 e. The third kappa shape index (κ3) is 4.57. The van der Waals surface area contributed by atoms with Crippen LogP contribution < -0.4 is 4.90 Å². The standard InChI is InChI=1S/C25H29ClN2O3/c1-25(2,3)31-24(30)27-14-11-18-16-19-10-7-13-28(22(19)21(26)20(18)12-15-27)23(29)17-8-5-4-6-9-17/h4-6,8-9,16H,7,10-15H2,1-3H3. The van der Waals surface area contributed by atoms with Gasteiger partial charge in [0.05, 0.1) is 10.7 Å². The number of anilines is 1. The molecular weight excluding hydrogens is 412 g/mol. The van der Waals surface area contributed by atoms with Crippen LogP contribution in [0.3, 0.4) is 0 Å². The number of nitrogens with zero attached hydrogens (tertiary/aromatic N) is 2. The van der Waals surface area contributed by atoms with Gasteiger partial charge in [0.1, 0.15) is 5.60 Å². The van der Waals surface area contributed by atoms with E-state index in [0.29, 0.717) is 36.6 Å². The molecule has 0 radical (unpaired) electrons. The normalized spacial score (nSPS) is 16.3. The highest BCUT2D eigenvalue weighted by molar-refractivity contribution is 6.35. The van der Waals surface area contributed by atoms with Gasteiger partial charge in [-0.2, -0.15) is 0 Å². The lowest BCUT2D eigenvalue weighted by Crippen LogP contribution is -2.38. The second-order valence-corrected chi connectivity index (χ2v) is 9.61. The minimum Gasteiger partial charge on any atom is -0.444 e. The van der Waals surface area contributed by atoms with Crippen molar-refractivity contribution in [2.75, 3.05) is 24.5 Å². The van der Waals surface area contributed by atoms with Crippen LogP contribution in [0.1, 0.15) is 54.2 Å². The summed E-state index contributed by atoms with van der Waals surface area (Å²) in [5, 5.41) is 0.655. The van der Waals surface area contributed by atoms with E-state index in [0.717, 1.165) is 36.1 Å². The van der Waals surface area contributed by atoms with Crippen molar-refractivity contribution < 1.29 is 14.3 Å². The van der Waals surface area contributed by atoms with Crippen molar-refractivity contribution in [3.05, 3.63) is 63.7 Å². The fraction of sp³-hybridized carbons (Fsp3) is 0.440. The molecule has 0 spiro atoms. The molecule has 5 nitrogen and oxygen atoms in total. The maximum atomic E-state index is 13.2. The number of aryl methyl sites for hydroxylation is 1. The summed E-state index contributed by atoms with van der Waals surface area (Å²) in [6.07, 6.45) is 2.89. The third-order valence-electron chi connectivity index (χ3n) is 5.81. The van der Waals surface area contributed by atoms with E-state index in [9.17, 15) is 9.59 Å². The Morgan fingerprint density at radius 3 is 2.39 bits per heavy atom. The van der Waals surface area contributed by atoms with Crippen molar-refractivity contribution in [3.8, 4) is 0 Å². The second kappa shape index (κ2) is 8.54. The molecule has 0 N–H and O–H groups in total. The van der Waals surface area contributed by atoms with E-state index in [1.807, 2.05) is 56.0 Å². The Kier molecular flexibility index (Phi) is 5.98. The van der Waals surface area contributed by atoms with E-state index in [2.05, 4.69) is 6.07 Å².